The summed E-state index contributed by atoms with van der Waals surface area (Å²) in [5.41, 5.74) is 7.47. The summed E-state index contributed by atoms with van der Waals surface area (Å²) >= 11 is 10.4. The Morgan fingerprint density at radius 1 is 1.33 bits per heavy atom. The Balaban J connectivity index is 1.93. The highest BCUT2D eigenvalue weighted by Crippen LogP contribution is 2.31. The van der Waals surface area contributed by atoms with Crippen LogP contribution in [-0.4, -0.2) is 15.9 Å². The van der Waals surface area contributed by atoms with Gasteiger partial charge in [-0.2, -0.15) is 0 Å². The van der Waals surface area contributed by atoms with Gasteiger partial charge in [0.05, 0.1) is 10.7 Å². The smallest absolute Gasteiger partial charge is 0.268 e. The zero-order valence-electron chi connectivity index (χ0n) is 10.4. The Hall–Kier alpha value is -1.70. The standard InChI is InChI=1S/C13H8BrClN4OS/c14-7-5-6(1-2-8(7)15)19-12(20)11-9(16)10-13(21-11)18-4-3-17-10/h1-5H,16H2,(H,19,20). The van der Waals surface area contributed by atoms with Gasteiger partial charge in [-0.1, -0.05) is 11.6 Å². The third-order valence-corrected chi connectivity index (χ3v) is 5.06. The third-order valence-electron chi connectivity index (χ3n) is 2.75. The number of hydrogen-bond acceptors (Lipinski definition) is 5. The molecular formula is C13H8BrClN4OS. The lowest BCUT2D eigenvalue weighted by Gasteiger charge is -2.05. The average Bonchev–Trinajstić information content (AvgIpc) is 2.81. The van der Waals surface area contributed by atoms with Crippen molar-refractivity contribution in [1.82, 2.24) is 9.97 Å². The number of nitrogens with two attached hydrogens (primary N) is 1. The predicted octanol–water partition coefficient (Wildman–Crippen LogP) is 3.94. The molecule has 3 rings (SSSR count). The van der Waals surface area contributed by atoms with Crippen molar-refractivity contribution in [2.45, 2.75) is 0 Å². The van der Waals surface area contributed by atoms with Crippen LogP contribution in [0.15, 0.2) is 35.1 Å². The summed E-state index contributed by atoms with van der Waals surface area (Å²) in [6, 6.07) is 5.13. The first-order valence-electron chi connectivity index (χ1n) is 5.81. The second-order valence-electron chi connectivity index (χ2n) is 4.14. The molecule has 3 aromatic rings. The molecule has 106 valence electrons. The molecule has 0 aliphatic heterocycles. The Morgan fingerprint density at radius 2 is 2.10 bits per heavy atom. The van der Waals surface area contributed by atoms with Gasteiger partial charge in [-0.25, -0.2) is 9.97 Å². The number of hydrogen-bond donors (Lipinski definition) is 2. The maximum absolute atomic E-state index is 12.3. The van der Waals surface area contributed by atoms with Crippen LogP contribution in [0.5, 0.6) is 0 Å². The highest BCUT2D eigenvalue weighted by atomic mass is 79.9. The number of aromatic nitrogens is 2. The lowest BCUT2D eigenvalue weighted by molar-refractivity contribution is 0.103. The number of nitrogens with one attached hydrogen (secondary N) is 1. The monoisotopic (exact) mass is 382 g/mol. The second kappa shape index (κ2) is 5.59. The van der Waals surface area contributed by atoms with Gasteiger partial charge >= 0.3 is 0 Å². The van der Waals surface area contributed by atoms with Crippen LogP contribution < -0.4 is 11.1 Å². The van der Waals surface area contributed by atoms with E-state index in [0.717, 1.165) is 0 Å². The van der Waals surface area contributed by atoms with Crippen molar-refractivity contribution in [3.8, 4) is 0 Å². The molecule has 3 N–H and O–H groups in total. The number of nitrogen functional groups attached to an aromatic ring is 1. The van der Waals surface area contributed by atoms with Gasteiger partial charge in [0.25, 0.3) is 5.91 Å². The van der Waals surface area contributed by atoms with E-state index >= 15 is 0 Å². The van der Waals surface area contributed by atoms with Crippen molar-refractivity contribution in [3.05, 3.63) is 45.0 Å². The summed E-state index contributed by atoms with van der Waals surface area (Å²) in [4.78, 5) is 21.6. The largest absolute Gasteiger partial charge is 0.396 e. The van der Waals surface area contributed by atoms with E-state index in [-0.39, 0.29) is 5.91 Å². The van der Waals surface area contributed by atoms with E-state index < -0.39 is 0 Å². The van der Waals surface area contributed by atoms with Crippen LogP contribution in [0, 0.1) is 0 Å². The minimum atomic E-state index is -0.300. The fourth-order valence-electron chi connectivity index (χ4n) is 1.77. The molecule has 0 unspecified atom stereocenters. The SMILES string of the molecule is Nc1c(C(=O)Nc2ccc(Cl)c(Br)c2)sc2nccnc12. The molecule has 8 heteroatoms. The molecule has 0 atom stereocenters. The molecule has 1 amide bonds. The molecule has 0 radical (unpaired) electrons. The van der Waals surface area contributed by atoms with Gasteiger partial charge in [-0.15, -0.1) is 11.3 Å². The van der Waals surface area contributed by atoms with Gasteiger partial charge in [0.2, 0.25) is 0 Å². The molecule has 5 nitrogen and oxygen atoms in total. The van der Waals surface area contributed by atoms with Gasteiger partial charge in [0, 0.05) is 22.6 Å². The molecule has 1 aromatic carbocycles. The number of carbonyl (C=O) groups excluding carboxylic acids is 1. The molecule has 0 fully saturated rings. The zero-order valence-corrected chi connectivity index (χ0v) is 13.6. The summed E-state index contributed by atoms with van der Waals surface area (Å²) in [7, 11) is 0. The lowest BCUT2D eigenvalue weighted by Crippen LogP contribution is -2.11. The van der Waals surface area contributed by atoms with Crippen molar-refractivity contribution in [2.24, 2.45) is 0 Å². The van der Waals surface area contributed by atoms with Crippen molar-refractivity contribution >= 4 is 66.5 Å². The van der Waals surface area contributed by atoms with Crippen LogP contribution in [0.2, 0.25) is 5.02 Å². The van der Waals surface area contributed by atoms with Crippen LogP contribution in [0.4, 0.5) is 11.4 Å². The Bertz CT molecular complexity index is 851. The minimum Gasteiger partial charge on any atom is -0.396 e. The van der Waals surface area contributed by atoms with Crippen LogP contribution in [0.1, 0.15) is 9.67 Å². The Kier molecular flexibility index (Phi) is 3.79. The van der Waals surface area contributed by atoms with Gasteiger partial charge < -0.3 is 11.1 Å². The number of fused-ring (bicyclic) bond motifs is 1. The maximum atomic E-state index is 12.3. The van der Waals surface area contributed by atoms with Crippen LogP contribution in [-0.2, 0) is 0 Å². The number of benzene rings is 1. The zero-order chi connectivity index (χ0) is 15.0. The number of halogens is 2. The fraction of sp³-hybridized carbons (Fsp3) is 0. The molecule has 2 aromatic heterocycles. The molecule has 0 aliphatic rings. The topological polar surface area (TPSA) is 80.9 Å². The van der Waals surface area contributed by atoms with Crippen molar-refractivity contribution in [2.75, 3.05) is 11.1 Å². The van der Waals surface area contributed by atoms with Crippen molar-refractivity contribution < 1.29 is 4.79 Å². The first-order chi connectivity index (χ1) is 10.1. The van der Waals surface area contributed by atoms with E-state index in [1.54, 1.807) is 30.6 Å². The van der Waals surface area contributed by atoms with E-state index in [4.69, 9.17) is 17.3 Å². The molecule has 2 heterocycles. The maximum Gasteiger partial charge on any atom is 0.268 e. The van der Waals surface area contributed by atoms with Crippen LogP contribution >= 0.6 is 38.9 Å². The third kappa shape index (κ3) is 2.72. The van der Waals surface area contributed by atoms with E-state index in [9.17, 15) is 4.79 Å². The first-order valence-corrected chi connectivity index (χ1v) is 7.80. The number of carbonyl (C=O) groups is 1. The van der Waals surface area contributed by atoms with E-state index in [1.165, 1.54) is 11.3 Å². The minimum absolute atomic E-state index is 0.300. The summed E-state index contributed by atoms with van der Waals surface area (Å²) in [5.74, 6) is -0.300. The van der Waals surface area contributed by atoms with Crippen molar-refractivity contribution in [1.29, 1.82) is 0 Å². The number of rotatable bonds is 2. The molecule has 0 saturated heterocycles. The van der Waals surface area contributed by atoms with Crippen LogP contribution in [0.25, 0.3) is 10.3 Å². The van der Waals surface area contributed by atoms with E-state index in [1.807, 2.05) is 0 Å². The second-order valence-corrected chi connectivity index (χ2v) is 6.40. The van der Waals surface area contributed by atoms with Gasteiger partial charge in [0.1, 0.15) is 15.2 Å². The molecule has 21 heavy (non-hydrogen) atoms. The number of nitrogens with zero attached hydrogens (tertiary/aromatic N) is 2. The number of thiophene rings is 1. The number of amides is 1. The van der Waals surface area contributed by atoms with Crippen molar-refractivity contribution in [3.63, 3.8) is 0 Å². The average molecular weight is 384 g/mol. The normalized spacial score (nSPS) is 10.8. The predicted molar refractivity (Wildman–Crippen MR) is 88.9 cm³/mol. The number of anilines is 2. The lowest BCUT2D eigenvalue weighted by atomic mass is 10.3. The summed E-state index contributed by atoms with van der Waals surface area (Å²) in [6.07, 6.45) is 3.11. The Labute approximate surface area is 137 Å². The Morgan fingerprint density at radius 3 is 2.81 bits per heavy atom. The van der Waals surface area contributed by atoms with E-state index in [2.05, 4.69) is 31.2 Å². The molecule has 0 aliphatic carbocycles. The summed E-state index contributed by atoms with van der Waals surface area (Å²) in [6.45, 7) is 0. The first kappa shape index (κ1) is 14.2. The molecule has 0 bridgehead atoms. The highest BCUT2D eigenvalue weighted by molar-refractivity contribution is 9.10. The summed E-state index contributed by atoms with van der Waals surface area (Å²) < 4.78 is 0.703. The fourth-order valence-corrected chi connectivity index (χ4v) is 3.19. The molecule has 0 spiro atoms. The van der Waals surface area contributed by atoms with Crippen LogP contribution in [0.3, 0.4) is 0 Å². The van der Waals surface area contributed by atoms with Gasteiger partial charge in [-0.05, 0) is 34.1 Å². The molecular weight excluding hydrogens is 376 g/mol. The highest BCUT2D eigenvalue weighted by Gasteiger charge is 2.18. The summed E-state index contributed by atoms with van der Waals surface area (Å²) in [5, 5.41) is 3.35. The van der Waals surface area contributed by atoms with Gasteiger partial charge in [-0.3, -0.25) is 4.79 Å². The van der Waals surface area contributed by atoms with E-state index in [0.29, 0.717) is 36.1 Å². The molecule has 0 saturated carbocycles. The quantitative estimate of drug-likeness (QED) is 0.702. The van der Waals surface area contributed by atoms with Gasteiger partial charge in [0.15, 0.2) is 0 Å².